The van der Waals surface area contributed by atoms with E-state index >= 15 is 0 Å². The average Bonchev–Trinajstić information content (AvgIpc) is 3.44. The van der Waals surface area contributed by atoms with Gasteiger partial charge in [0.2, 0.25) is 0 Å². The van der Waals surface area contributed by atoms with Gasteiger partial charge in [0, 0.05) is 19.3 Å². The number of hydrogen-bond donors (Lipinski definition) is 0. The molecule has 0 saturated heterocycles. The van der Waals surface area contributed by atoms with Crippen molar-refractivity contribution in [2.75, 3.05) is 13.2 Å². The van der Waals surface area contributed by atoms with Crippen molar-refractivity contribution in [2.24, 2.45) is 0 Å². The second-order valence-electron chi connectivity index (χ2n) is 20.9. The zero-order valence-electron chi connectivity index (χ0n) is 50.6. The predicted octanol–water partition coefficient (Wildman–Crippen LogP) is 22.2. The molecule has 1 atom stereocenters. The van der Waals surface area contributed by atoms with Crippen LogP contribution >= 0.6 is 0 Å². The summed E-state index contributed by atoms with van der Waals surface area (Å²) in [6, 6.07) is 0. The molecule has 0 aliphatic rings. The van der Waals surface area contributed by atoms with Crippen molar-refractivity contribution in [3.05, 3.63) is 134 Å². The van der Waals surface area contributed by atoms with Crippen molar-refractivity contribution >= 4 is 17.9 Å². The molecule has 0 rings (SSSR count). The summed E-state index contributed by atoms with van der Waals surface area (Å²) in [4.78, 5) is 38.3. The van der Waals surface area contributed by atoms with Crippen molar-refractivity contribution in [1.82, 2.24) is 0 Å². The van der Waals surface area contributed by atoms with Crippen molar-refractivity contribution < 1.29 is 28.6 Å². The van der Waals surface area contributed by atoms with Crippen LogP contribution in [0, 0.1) is 0 Å². The molecular formula is C72H118O6. The summed E-state index contributed by atoms with van der Waals surface area (Å²) in [6.45, 7) is 6.35. The minimum absolute atomic E-state index is 0.0931. The van der Waals surface area contributed by atoms with Crippen molar-refractivity contribution in [2.45, 2.75) is 290 Å². The maximum Gasteiger partial charge on any atom is 0.306 e. The normalized spacial score (nSPS) is 13.0. The van der Waals surface area contributed by atoms with Gasteiger partial charge in [-0.05, 0) is 128 Å². The van der Waals surface area contributed by atoms with E-state index in [1.165, 1.54) is 83.5 Å². The highest BCUT2D eigenvalue weighted by atomic mass is 16.6. The van der Waals surface area contributed by atoms with Gasteiger partial charge in [0.15, 0.2) is 6.10 Å². The van der Waals surface area contributed by atoms with Gasteiger partial charge in [-0.3, -0.25) is 14.4 Å². The third kappa shape index (κ3) is 62.4. The summed E-state index contributed by atoms with van der Waals surface area (Å²) in [5.74, 6) is -0.924. The van der Waals surface area contributed by atoms with Gasteiger partial charge in [-0.2, -0.15) is 0 Å². The predicted molar refractivity (Wildman–Crippen MR) is 339 cm³/mol. The largest absolute Gasteiger partial charge is 0.462 e. The van der Waals surface area contributed by atoms with Crippen LogP contribution in [-0.2, 0) is 28.6 Å². The zero-order chi connectivity index (χ0) is 56.4. The Kier molecular flexibility index (Phi) is 61.4. The summed E-state index contributed by atoms with van der Waals surface area (Å²) in [5, 5.41) is 0. The van der Waals surface area contributed by atoms with Gasteiger partial charge >= 0.3 is 17.9 Å². The van der Waals surface area contributed by atoms with Crippen LogP contribution in [-0.4, -0.2) is 37.2 Å². The highest BCUT2D eigenvalue weighted by Crippen LogP contribution is 2.15. The lowest BCUT2D eigenvalue weighted by Crippen LogP contribution is -2.30. The second-order valence-corrected chi connectivity index (χ2v) is 20.9. The van der Waals surface area contributed by atoms with E-state index in [9.17, 15) is 14.4 Å². The minimum atomic E-state index is -0.798. The molecule has 0 aromatic rings. The molecule has 0 aliphatic carbocycles. The Morgan fingerprint density at radius 3 is 0.782 bits per heavy atom. The van der Waals surface area contributed by atoms with Gasteiger partial charge in [-0.25, -0.2) is 0 Å². The quantitative estimate of drug-likeness (QED) is 0.0261. The molecule has 6 nitrogen and oxygen atoms in total. The van der Waals surface area contributed by atoms with Crippen LogP contribution in [0.5, 0.6) is 0 Å². The first-order valence-electron chi connectivity index (χ1n) is 32.2. The molecule has 0 N–H and O–H groups in total. The highest BCUT2D eigenvalue weighted by Gasteiger charge is 2.19. The Hall–Kier alpha value is -4.45. The van der Waals surface area contributed by atoms with Crippen LogP contribution in [0.15, 0.2) is 134 Å². The van der Waals surface area contributed by atoms with Crippen molar-refractivity contribution in [3.8, 4) is 0 Å². The summed E-state index contributed by atoms with van der Waals surface area (Å²) in [5.41, 5.74) is 0. The molecule has 6 heteroatoms. The van der Waals surface area contributed by atoms with E-state index in [2.05, 4.69) is 154 Å². The van der Waals surface area contributed by atoms with E-state index < -0.39 is 6.10 Å². The summed E-state index contributed by atoms with van der Waals surface area (Å²) < 4.78 is 16.9. The third-order valence-corrected chi connectivity index (χ3v) is 13.4. The molecule has 1 unspecified atom stereocenters. The Labute approximate surface area is 481 Å². The van der Waals surface area contributed by atoms with Crippen LogP contribution in [0.1, 0.15) is 284 Å². The van der Waals surface area contributed by atoms with E-state index in [-0.39, 0.29) is 31.1 Å². The van der Waals surface area contributed by atoms with Gasteiger partial charge in [-0.1, -0.05) is 270 Å². The average molecular weight is 1080 g/mol. The number of unbranched alkanes of at least 4 members (excludes halogenated alkanes) is 24. The van der Waals surface area contributed by atoms with Crippen LogP contribution in [0.2, 0.25) is 0 Å². The SMILES string of the molecule is CC/C=C\C/C=C\C/C=C\C/C=C\C/C=C\C/C=C\CCCCCCCCCCCCCCC(=O)OCC(COC(=O)CCCCCCC/C=C\C/C=C\CCCC)OC(=O)CCCCCCC/C=C\C/C=C\C/C=C\CC. The van der Waals surface area contributed by atoms with Crippen LogP contribution in [0.25, 0.3) is 0 Å². The fourth-order valence-electron chi connectivity index (χ4n) is 8.59. The van der Waals surface area contributed by atoms with E-state index in [1.54, 1.807) is 0 Å². The lowest BCUT2D eigenvalue weighted by Gasteiger charge is -2.18. The maximum absolute atomic E-state index is 12.9. The van der Waals surface area contributed by atoms with Crippen LogP contribution < -0.4 is 0 Å². The van der Waals surface area contributed by atoms with Gasteiger partial charge in [0.25, 0.3) is 0 Å². The highest BCUT2D eigenvalue weighted by molar-refractivity contribution is 5.71. The Morgan fingerprint density at radius 1 is 0.269 bits per heavy atom. The van der Waals surface area contributed by atoms with E-state index in [1.807, 2.05) is 0 Å². The monoisotopic (exact) mass is 1080 g/mol. The Morgan fingerprint density at radius 2 is 0.500 bits per heavy atom. The number of ether oxygens (including phenoxy) is 3. The molecule has 442 valence electrons. The topological polar surface area (TPSA) is 78.9 Å². The first-order chi connectivity index (χ1) is 38.5. The van der Waals surface area contributed by atoms with Crippen LogP contribution in [0.3, 0.4) is 0 Å². The molecule has 0 aromatic heterocycles. The maximum atomic E-state index is 12.9. The number of carbonyl (C=O) groups is 3. The van der Waals surface area contributed by atoms with Gasteiger partial charge in [0.05, 0.1) is 0 Å². The molecule has 0 bridgehead atoms. The number of allylic oxidation sites excluding steroid dienone is 22. The summed E-state index contributed by atoms with van der Waals surface area (Å²) >= 11 is 0. The molecule has 0 saturated carbocycles. The molecular weight excluding hydrogens is 961 g/mol. The van der Waals surface area contributed by atoms with Crippen LogP contribution in [0.4, 0.5) is 0 Å². The smallest absolute Gasteiger partial charge is 0.306 e. The summed E-state index contributed by atoms with van der Waals surface area (Å²) in [7, 11) is 0. The lowest BCUT2D eigenvalue weighted by molar-refractivity contribution is -0.167. The zero-order valence-corrected chi connectivity index (χ0v) is 50.6. The van der Waals surface area contributed by atoms with E-state index in [0.717, 1.165) is 161 Å². The van der Waals surface area contributed by atoms with Gasteiger partial charge in [-0.15, -0.1) is 0 Å². The number of carbonyl (C=O) groups excluding carboxylic acids is 3. The number of hydrogen-bond acceptors (Lipinski definition) is 6. The molecule has 0 aromatic carbocycles. The third-order valence-electron chi connectivity index (χ3n) is 13.4. The molecule has 0 fully saturated rings. The fraction of sp³-hybridized carbons (Fsp3) is 0.653. The number of rotatable bonds is 57. The summed E-state index contributed by atoms with van der Waals surface area (Å²) in [6.07, 6.45) is 91.7. The van der Waals surface area contributed by atoms with E-state index in [0.29, 0.717) is 19.3 Å². The van der Waals surface area contributed by atoms with E-state index in [4.69, 9.17) is 14.2 Å². The Bertz CT molecular complexity index is 1670. The first kappa shape index (κ1) is 73.5. The molecule has 0 aliphatic heterocycles. The molecule has 0 amide bonds. The first-order valence-corrected chi connectivity index (χ1v) is 32.2. The van der Waals surface area contributed by atoms with Gasteiger partial charge < -0.3 is 14.2 Å². The molecule has 0 radical (unpaired) electrons. The Balaban J connectivity index is 4.27. The standard InChI is InChI=1S/C72H118O6/c1-4-7-10-13-16-19-22-25-28-29-30-31-32-33-34-35-36-37-38-39-40-41-42-43-45-47-50-53-56-59-62-65-71(74)77-68-69(67-76-70(73)64-61-58-55-52-49-46-27-24-21-18-15-12-9-6-3)78-72(75)66-63-60-57-54-51-48-44-26-23-20-17-14-11-8-5-2/h7-8,10-11,15-20,24-28,30-31,33-34,36-37,44,69H,4-6,9,12-14,21-23,29,32,35,38-43,45-68H2,1-3H3/b10-7-,11-8-,18-15-,19-16-,20-17-,27-24-,28-25-,31-30-,34-33-,37-36-,44-26-. The molecule has 0 heterocycles. The minimum Gasteiger partial charge on any atom is -0.462 e. The van der Waals surface area contributed by atoms with Crippen molar-refractivity contribution in [3.63, 3.8) is 0 Å². The van der Waals surface area contributed by atoms with Crippen molar-refractivity contribution in [1.29, 1.82) is 0 Å². The number of esters is 3. The fourth-order valence-corrected chi connectivity index (χ4v) is 8.59. The van der Waals surface area contributed by atoms with Gasteiger partial charge in [0.1, 0.15) is 13.2 Å². The lowest BCUT2D eigenvalue weighted by atomic mass is 10.0. The second kappa shape index (κ2) is 65.1. The molecule has 0 spiro atoms. The molecule has 78 heavy (non-hydrogen) atoms.